The molecule has 0 aliphatic carbocycles. The average molecular weight is 223 g/mol. The van der Waals surface area contributed by atoms with Crippen LogP contribution in [0.15, 0.2) is 24.8 Å². The minimum absolute atomic E-state index is 0.397. The molecule has 0 radical (unpaired) electrons. The maximum atomic E-state index is 5.89. The Bertz CT molecular complexity index is 503. The summed E-state index contributed by atoms with van der Waals surface area (Å²) in [6, 6.07) is 0. The largest absolute Gasteiger partial charge is 0.315 e. The molecular weight excluding hydrogens is 212 g/mol. The monoisotopic (exact) mass is 222 g/mol. The molecule has 2 rings (SSSR count). The van der Waals surface area contributed by atoms with Crippen LogP contribution in [0.5, 0.6) is 0 Å². The van der Waals surface area contributed by atoms with Gasteiger partial charge in [-0.3, -0.25) is 0 Å². The Hall–Kier alpha value is -1.42. The van der Waals surface area contributed by atoms with Crippen molar-refractivity contribution in [1.29, 1.82) is 0 Å². The van der Waals surface area contributed by atoms with E-state index in [4.69, 9.17) is 11.6 Å². The van der Waals surface area contributed by atoms with Gasteiger partial charge in [-0.15, -0.1) is 6.58 Å². The highest BCUT2D eigenvalue weighted by molar-refractivity contribution is 6.33. The van der Waals surface area contributed by atoms with Gasteiger partial charge in [0, 0.05) is 6.54 Å². The van der Waals surface area contributed by atoms with Crippen molar-refractivity contribution in [2.45, 2.75) is 19.9 Å². The topological polar surface area (TPSA) is 43.6 Å². The second-order valence-corrected chi connectivity index (χ2v) is 3.84. The SMILES string of the molecule is C=C(C)CCn1cnc2c(Cl)ncnc21. The van der Waals surface area contributed by atoms with E-state index in [-0.39, 0.29) is 0 Å². The molecule has 0 fully saturated rings. The predicted molar refractivity (Wildman–Crippen MR) is 59.8 cm³/mol. The lowest BCUT2D eigenvalue weighted by atomic mass is 10.2. The molecule has 0 aromatic carbocycles. The number of hydrogen-bond acceptors (Lipinski definition) is 3. The molecule has 78 valence electrons. The first kappa shape index (κ1) is 10.1. The molecule has 0 N–H and O–H groups in total. The van der Waals surface area contributed by atoms with Crippen LogP contribution in [-0.4, -0.2) is 19.5 Å². The fraction of sp³-hybridized carbons (Fsp3) is 0.300. The van der Waals surface area contributed by atoms with Crippen molar-refractivity contribution in [3.05, 3.63) is 30.0 Å². The van der Waals surface area contributed by atoms with Gasteiger partial charge in [0.2, 0.25) is 0 Å². The van der Waals surface area contributed by atoms with E-state index < -0.39 is 0 Å². The lowest BCUT2D eigenvalue weighted by Crippen LogP contribution is -1.98. The van der Waals surface area contributed by atoms with Crippen LogP contribution in [0.2, 0.25) is 5.15 Å². The van der Waals surface area contributed by atoms with Crippen LogP contribution in [0.1, 0.15) is 13.3 Å². The number of allylic oxidation sites excluding steroid dienone is 1. The van der Waals surface area contributed by atoms with Gasteiger partial charge in [-0.2, -0.15) is 0 Å². The lowest BCUT2D eigenvalue weighted by Gasteiger charge is -2.02. The maximum absolute atomic E-state index is 5.89. The summed E-state index contributed by atoms with van der Waals surface area (Å²) >= 11 is 5.89. The van der Waals surface area contributed by atoms with Crippen LogP contribution < -0.4 is 0 Å². The van der Waals surface area contributed by atoms with Crippen LogP contribution in [0.25, 0.3) is 11.2 Å². The molecule has 5 heteroatoms. The quantitative estimate of drug-likeness (QED) is 0.592. The summed E-state index contributed by atoms with van der Waals surface area (Å²) in [4.78, 5) is 12.2. The number of aromatic nitrogens is 4. The summed E-state index contributed by atoms with van der Waals surface area (Å²) < 4.78 is 1.96. The van der Waals surface area contributed by atoms with Gasteiger partial charge < -0.3 is 4.57 Å². The molecule has 4 nitrogen and oxygen atoms in total. The molecule has 2 aromatic heterocycles. The minimum Gasteiger partial charge on any atom is -0.315 e. The van der Waals surface area contributed by atoms with Crippen LogP contribution >= 0.6 is 11.6 Å². The van der Waals surface area contributed by atoms with Crippen LogP contribution in [0, 0.1) is 0 Å². The zero-order chi connectivity index (χ0) is 10.8. The average Bonchev–Trinajstić information content (AvgIpc) is 2.59. The highest BCUT2D eigenvalue weighted by Gasteiger charge is 2.07. The van der Waals surface area contributed by atoms with E-state index in [2.05, 4.69) is 21.5 Å². The van der Waals surface area contributed by atoms with E-state index in [1.54, 1.807) is 6.33 Å². The van der Waals surface area contributed by atoms with Crippen LogP contribution in [-0.2, 0) is 6.54 Å². The zero-order valence-electron chi connectivity index (χ0n) is 8.44. The van der Waals surface area contributed by atoms with Gasteiger partial charge in [-0.05, 0) is 13.3 Å². The third-order valence-corrected chi connectivity index (χ3v) is 2.41. The normalized spacial score (nSPS) is 10.8. The van der Waals surface area contributed by atoms with E-state index in [1.807, 2.05) is 11.5 Å². The Balaban J connectivity index is 2.37. The third-order valence-electron chi connectivity index (χ3n) is 2.14. The Morgan fingerprint density at radius 3 is 3.00 bits per heavy atom. The molecular formula is C10H11ClN4. The van der Waals surface area contributed by atoms with Crippen molar-refractivity contribution in [2.24, 2.45) is 0 Å². The van der Waals surface area contributed by atoms with Gasteiger partial charge in [-0.25, -0.2) is 15.0 Å². The van der Waals surface area contributed by atoms with Gasteiger partial charge in [-0.1, -0.05) is 17.2 Å². The van der Waals surface area contributed by atoms with Crippen molar-refractivity contribution >= 4 is 22.8 Å². The van der Waals surface area contributed by atoms with E-state index in [9.17, 15) is 0 Å². The van der Waals surface area contributed by atoms with Crippen molar-refractivity contribution in [3.63, 3.8) is 0 Å². The maximum Gasteiger partial charge on any atom is 0.164 e. The van der Waals surface area contributed by atoms with Crippen molar-refractivity contribution < 1.29 is 0 Å². The third kappa shape index (κ3) is 1.99. The number of halogens is 1. The molecule has 0 amide bonds. The standard InChI is InChI=1S/C10H11ClN4/c1-7(2)3-4-15-6-14-8-9(11)12-5-13-10(8)15/h5-6H,1,3-4H2,2H3. The summed E-state index contributed by atoms with van der Waals surface area (Å²) in [5, 5.41) is 0.397. The second-order valence-electron chi connectivity index (χ2n) is 3.48. The van der Waals surface area contributed by atoms with Crippen molar-refractivity contribution in [2.75, 3.05) is 0 Å². The van der Waals surface area contributed by atoms with E-state index in [0.29, 0.717) is 10.7 Å². The van der Waals surface area contributed by atoms with Gasteiger partial charge in [0.1, 0.15) is 11.8 Å². The first-order valence-corrected chi connectivity index (χ1v) is 5.02. The Kier molecular flexibility index (Phi) is 2.68. The predicted octanol–water partition coefficient (Wildman–Crippen LogP) is 2.45. The molecule has 15 heavy (non-hydrogen) atoms. The number of hydrogen-bond donors (Lipinski definition) is 0. The summed E-state index contributed by atoms with van der Waals surface area (Å²) in [6.07, 6.45) is 4.09. The molecule has 0 saturated carbocycles. The van der Waals surface area contributed by atoms with Gasteiger partial charge >= 0.3 is 0 Å². The zero-order valence-corrected chi connectivity index (χ0v) is 9.20. The molecule has 0 saturated heterocycles. The van der Waals surface area contributed by atoms with Crippen LogP contribution in [0.4, 0.5) is 0 Å². The van der Waals surface area contributed by atoms with E-state index in [0.717, 1.165) is 24.2 Å². The molecule has 0 aliphatic heterocycles. The number of nitrogens with zero attached hydrogens (tertiary/aromatic N) is 4. The summed E-state index contributed by atoms with van der Waals surface area (Å²) in [5.41, 5.74) is 2.56. The van der Waals surface area contributed by atoms with Crippen molar-refractivity contribution in [3.8, 4) is 0 Å². The first-order chi connectivity index (χ1) is 7.18. The number of aryl methyl sites for hydroxylation is 1. The number of fused-ring (bicyclic) bond motifs is 1. The first-order valence-electron chi connectivity index (χ1n) is 4.64. The molecule has 2 aromatic rings. The summed E-state index contributed by atoms with van der Waals surface area (Å²) in [7, 11) is 0. The fourth-order valence-electron chi connectivity index (χ4n) is 1.33. The molecule has 0 spiro atoms. The molecule has 0 unspecified atom stereocenters. The highest BCUT2D eigenvalue weighted by atomic mass is 35.5. The lowest BCUT2D eigenvalue weighted by molar-refractivity contribution is 0.705. The number of rotatable bonds is 3. The molecule has 0 atom stereocenters. The van der Waals surface area contributed by atoms with Crippen LogP contribution in [0.3, 0.4) is 0 Å². The summed E-state index contributed by atoms with van der Waals surface area (Å²) in [6.45, 7) is 6.68. The smallest absolute Gasteiger partial charge is 0.164 e. The Morgan fingerprint density at radius 1 is 1.47 bits per heavy atom. The molecule has 0 bridgehead atoms. The van der Waals surface area contributed by atoms with E-state index in [1.165, 1.54) is 6.33 Å². The Labute approximate surface area is 92.6 Å². The molecule has 0 aliphatic rings. The Morgan fingerprint density at radius 2 is 2.27 bits per heavy atom. The van der Waals surface area contributed by atoms with Gasteiger partial charge in [0.25, 0.3) is 0 Å². The minimum atomic E-state index is 0.397. The molecule has 2 heterocycles. The highest BCUT2D eigenvalue weighted by Crippen LogP contribution is 2.17. The second kappa shape index (κ2) is 3.98. The fourth-order valence-corrected chi connectivity index (χ4v) is 1.50. The number of imidazole rings is 1. The van der Waals surface area contributed by atoms with Gasteiger partial charge in [0.05, 0.1) is 6.33 Å². The van der Waals surface area contributed by atoms with E-state index >= 15 is 0 Å². The van der Waals surface area contributed by atoms with Crippen molar-refractivity contribution in [1.82, 2.24) is 19.5 Å². The summed E-state index contributed by atoms with van der Waals surface area (Å²) in [5.74, 6) is 0. The van der Waals surface area contributed by atoms with Gasteiger partial charge in [0.15, 0.2) is 10.8 Å².